The van der Waals surface area contributed by atoms with E-state index in [2.05, 4.69) is 36.9 Å². The number of hydrogen-bond donors (Lipinski definition) is 0. The number of benzene rings is 1. The van der Waals surface area contributed by atoms with E-state index in [1.54, 1.807) is 11.3 Å². The second-order valence-electron chi connectivity index (χ2n) is 7.21. The van der Waals surface area contributed by atoms with Crippen molar-refractivity contribution in [2.24, 2.45) is 5.92 Å². The molecule has 1 unspecified atom stereocenters. The summed E-state index contributed by atoms with van der Waals surface area (Å²) >= 11 is 1.75. The van der Waals surface area contributed by atoms with E-state index in [-0.39, 0.29) is 11.8 Å². The van der Waals surface area contributed by atoms with Crippen LogP contribution in [0.4, 0.5) is 5.13 Å². The van der Waals surface area contributed by atoms with Crippen molar-refractivity contribution >= 4 is 32.6 Å². The first-order valence-corrected chi connectivity index (χ1v) is 9.96. The van der Waals surface area contributed by atoms with E-state index in [0.29, 0.717) is 19.1 Å². The molecule has 1 aromatic carbocycles. The number of anilines is 1. The number of hydrogen-bond acceptors (Lipinski definition) is 5. The van der Waals surface area contributed by atoms with Crippen molar-refractivity contribution in [2.75, 3.05) is 44.3 Å². The zero-order valence-corrected chi connectivity index (χ0v) is 15.7. The van der Waals surface area contributed by atoms with Gasteiger partial charge in [0.25, 0.3) is 0 Å². The van der Waals surface area contributed by atoms with Gasteiger partial charge in [-0.25, -0.2) is 4.98 Å². The molecular formula is C19H25N3O2S. The van der Waals surface area contributed by atoms with Crippen molar-refractivity contribution in [1.82, 2.24) is 9.88 Å². The molecule has 0 saturated carbocycles. The van der Waals surface area contributed by atoms with Gasteiger partial charge in [-0.15, -0.1) is 0 Å². The van der Waals surface area contributed by atoms with Gasteiger partial charge in [-0.2, -0.15) is 0 Å². The van der Waals surface area contributed by atoms with Crippen molar-refractivity contribution in [3.8, 4) is 0 Å². The molecule has 1 aromatic heterocycles. The van der Waals surface area contributed by atoms with Crippen molar-refractivity contribution in [3.63, 3.8) is 0 Å². The van der Waals surface area contributed by atoms with E-state index in [0.717, 1.165) is 43.2 Å². The molecule has 2 saturated heterocycles. The number of morpholine rings is 1. The van der Waals surface area contributed by atoms with Crippen LogP contribution in [0.5, 0.6) is 0 Å². The van der Waals surface area contributed by atoms with Crippen molar-refractivity contribution < 1.29 is 9.53 Å². The Kier molecular flexibility index (Phi) is 4.65. The monoisotopic (exact) mass is 359 g/mol. The highest BCUT2D eigenvalue weighted by atomic mass is 32.1. The Hall–Kier alpha value is -1.66. The van der Waals surface area contributed by atoms with Crippen LogP contribution in [0.1, 0.15) is 31.7 Å². The standard InChI is InChI=1S/C19H25N3O2S/c1-13(2)15-4-3-5-16-17(15)20-19(25-16)22-7-6-14(12-22)18(23)21-8-10-24-11-9-21/h3-5,13-14H,6-12H2,1-2H3. The maximum atomic E-state index is 12.7. The Balaban J connectivity index is 1.51. The van der Waals surface area contributed by atoms with Crippen LogP contribution in [-0.2, 0) is 9.53 Å². The van der Waals surface area contributed by atoms with E-state index < -0.39 is 0 Å². The van der Waals surface area contributed by atoms with E-state index in [1.807, 2.05) is 4.90 Å². The predicted molar refractivity (Wildman–Crippen MR) is 101 cm³/mol. The average molecular weight is 359 g/mol. The van der Waals surface area contributed by atoms with Crippen molar-refractivity contribution in [3.05, 3.63) is 23.8 Å². The number of nitrogens with zero attached hydrogens (tertiary/aromatic N) is 3. The second kappa shape index (κ2) is 6.92. The fourth-order valence-electron chi connectivity index (χ4n) is 3.74. The van der Waals surface area contributed by atoms with Gasteiger partial charge in [0.2, 0.25) is 5.91 Å². The van der Waals surface area contributed by atoms with Crippen LogP contribution in [-0.4, -0.2) is 55.2 Å². The summed E-state index contributed by atoms with van der Waals surface area (Å²) in [5.74, 6) is 0.845. The number of thiazole rings is 1. The van der Waals surface area contributed by atoms with Gasteiger partial charge in [-0.05, 0) is 24.0 Å². The zero-order valence-electron chi connectivity index (χ0n) is 14.9. The zero-order chi connectivity index (χ0) is 17.4. The quantitative estimate of drug-likeness (QED) is 0.845. The molecule has 1 atom stereocenters. The summed E-state index contributed by atoms with van der Waals surface area (Å²) in [7, 11) is 0. The number of aromatic nitrogens is 1. The maximum Gasteiger partial charge on any atom is 0.227 e. The molecule has 0 aliphatic carbocycles. The van der Waals surface area contributed by atoms with E-state index in [4.69, 9.17) is 9.72 Å². The SMILES string of the molecule is CC(C)c1cccc2sc(N3CCC(C(=O)N4CCOCC4)C3)nc12. The largest absolute Gasteiger partial charge is 0.378 e. The molecule has 25 heavy (non-hydrogen) atoms. The fourth-order valence-corrected chi connectivity index (χ4v) is 4.77. The maximum absolute atomic E-state index is 12.7. The van der Waals surface area contributed by atoms with Crippen LogP contribution < -0.4 is 4.90 Å². The molecule has 4 rings (SSSR count). The van der Waals surface area contributed by atoms with Gasteiger partial charge >= 0.3 is 0 Å². The number of para-hydroxylation sites is 1. The lowest BCUT2D eigenvalue weighted by atomic mass is 10.0. The molecular weight excluding hydrogens is 334 g/mol. The molecule has 0 radical (unpaired) electrons. The molecule has 2 fully saturated rings. The van der Waals surface area contributed by atoms with Crippen LogP contribution in [0.15, 0.2) is 18.2 Å². The smallest absolute Gasteiger partial charge is 0.227 e. The number of rotatable bonds is 3. The van der Waals surface area contributed by atoms with Gasteiger partial charge in [-0.3, -0.25) is 4.79 Å². The summed E-state index contributed by atoms with van der Waals surface area (Å²) in [5, 5.41) is 1.06. The summed E-state index contributed by atoms with van der Waals surface area (Å²) < 4.78 is 6.59. The lowest BCUT2D eigenvalue weighted by Crippen LogP contribution is -2.44. The Morgan fingerprint density at radius 2 is 2.08 bits per heavy atom. The van der Waals surface area contributed by atoms with Crippen molar-refractivity contribution in [1.29, 1.82) is 0 Å². The lowest BCUT2D eigenvalue weighted by molar-refractivity contribution is -0.138. The molecule has 134 valence electrons. The fraction of sp³-hybridized carbons (Fsp3) is 0.579. The van der Waals surface area contributed by atoms with E-state index in [9.17, 15) is 4.79 Å². The first kappa shape index (κ1) is 16.8. The molecule has 5 nitrogen and oxygen atoms in total. The summed E-state index contributed by atoms with van der Waals surface area (Å²) in [4.78, 5) is 21.9. The van der Waals surface area contributed by atoms with Crippen LogP contribution >= 0.6 is 11.3 Å². The third-order valence-electron chi connectivity index (χ3n) is 5.19. The normalized spacial score (nSPS) is 21.5. The summed E-state index contributed by atoms with van der Waals surface area (Å²) in [6.45, 7) is 8.91. The van der Waals surface area contributed by atoms with E-state index in [1.165, 1.54) is 10.3 Å². The number of fused-ring (bicyclic) bond motifs is 1. The number of amides is 1. The van der Waals surface area contributed by atoms with Crippen LogP contribution in [0.2, 0.25) is 0 Å². The summed E-state index contributed by atoms with van der Waals surface area (Å²) in [5.41, 5.74) is 2.43. The van der Waals surface area contributed by atoms with Crippen LogP contribution in [0, 0.1) is 5.92 Å². The molecule has 3 heterocycles. The molecule has 1 amide bonds. The minimum atomic E-state index is 0.0923. The molecule has 6 heteroatoms. The Morgan fingerprint density at radius 3 is 2.84 bits per heavy atom. The Bertz CT molecular complexity index is 767. The van der Waals surface area contributed by atoms with Gasteiger partial charge < -0.3 is 14.5 Å². The highest BCUT2D eigenvalue weighted by molar-refractivity contribution is 7.22. The predicted octanol–water partition coefficient (Wildman–Crippen LogP) is 3.10. The number of ether oxygens (including phenoxy) is 1. The van der Waals surface area contributed by atoms with E-state index >= 15 is 0 Å². The molecule has 2 aliphatic rings. The summed E-state index contributed by atoms with van der Waals surface area (Å²) in [6.07, 6.45) is 0.920. The highest BCUT2D eigenvalue weighted by Crippen LogP contribution is 2.35. The van der Waals surface area contributed by atoms with Gasteiger partial charge in [0.05, 0.1) is 29.3 Å². The second-order valence-corrected chi connectivity index (χ2v) is 8.22. The topological polar surface area (TPSA) is 45.7 Å². The van der Waals surface area contributed by atoms with Gasteiger partial charge in [-0.1, -0.05) is 37.3 Å². The van der Waals surface area contributed by atoms with Crippen LogP contribution in [0.25, 0.3) is 10.2 Å². The first-order chi connectivity index (χ1) is 12.1. The highest BCUT2D eigenvalue weighted by Gasteiger charge is 2.33. The third-order valence-corrected chi connectivity index (χ3v) is 6.27. The molecule has 2 aliphatic heterocycles. The minimum Gasteiger partial charge on any atom is -0.378 e. The van der Waals surface area contributed by atoms with Gasteiger partial charge in [0.1, 0.15) is 0 Å². The first-order valence-electron chi connectivity index (χ1n) is 9.14. The molecule has 2 aromatic rings. The Labute approximate surface area is 152 Å². The molecule has 0 bridgehead atoms. The third kappa shape index (κ3) is 3.25. The molecule has 0 N–H and O–H groups in total. The lowest BCUT2D eigenvalue weighted by Gasteiger charge is -2.29. The minimum absolute atomic E-state index is 0.0923. The Morgan fingerprint density at radius 1 is 1.28 bits per heavy atom. The molecule has 0 spiro atoms. The van der Waals surface area contributed by atoms with Gasteiger partial charge in [0.15, 0.2) is 5.13 Å². The van der Waals surface area contributed by atoms with Crippen LogP contribution in [0.3, 0.4) is 0 Å². The number of carbonyl (C=O) groups is 1. The average Bonchev–Trinajstić information content (AvgIpc) is 3.28. The summed E-state index contributed by atoms with van der Waals surface area (Å²) in [6, 6.07) is 6.44. The van der Waals surface area contributed by atoms with Crippen molar-refractivity contribution in [2.45, 2.75) is 26.2 Å². The van der Waals surface area contributed by atoms with Gasteiger partial charge in [0, 0.05) is 26.2 Å². The number of carbonyl (C=O) groups excluding carboxylic acids is 1.